The molecule has 0 aliphatic carbocycles. The van der Waals surface area contributed by atoms with Crippen molar-refractivity contribution in [2.45, 2.75) is 24.8 Å². The summed E-state index contributed by atoms with van der Waals surface area (Å²) in [6.07, 6.45) is 6.76. The van der Waals surface area contributed by atoms with E-state index < -0.39 is 22.0 Å². The van der Waals surface area contributed by atoms with Gasteiger partial charge in [0.05, 0.1) is 28.9 Å². The van der Waals surface area contributed by atoms with E-state index in [1.807, 2.05) is 73.7 Å². The first kappa shape index (κ1) is 23.6. The largest absolute Gasteiger partial charge is 0.463 e. The highest BCUT2D eigenvalue weighted by molar-refractivity contribution is 7.89. The van der Waals surface area contributed by atoms with Gasteiger partial charge in [-0.3, -0.25) is 0 Å². The summed E-state index contributed by atoms with van der Waals surface area (Å²) in [6.45, 7) is 3.80. The Balaban J connectivity index is 1.77. The van der Waals surface area contributed by atoms with Gasteiger partial charge in [0.2, 0.25) is 0 Å². The smallest absolute Gasteiger partial charge is 0.332 e. The van der Waals surface area contributed by atoms with Gasteiger partial charge in [0.15, 0.2) is 0 Å². The molecule has 0 spiro atoms. The zero-order chi connectivity index (χ0) is 25.3. The summed E-state index contributed by atoms with van der Waals surface area (Å²) in [7, 11) is -4.04. The summed E-state index contributed by atoms with van der Waals surface area (Å²) in [5.74, 6) is -0.597. The molecular weight excluding hydrogens is 472 g/mol. The van der Waals surface area contributed by atoms with E-state index in [1.54, 1.807) is 37.4 Å². The Morgan fingerprint density at radius 2 is 1.67 bits per heavy atom. The Hall–Kier alpha value is -4.10. The molecule has 1 unspecified atom stereocenters. The second-order valence-corrected chi connectivity index (χ2v) is 10.4. The molecule has 2 heterocycles. The quantitative estimate of drug-likeness (QED) is 0.351. The summed E-state index contributed by atoms with van der Waals surface area (Å²) in [5.41, 5.74) is 4.72. The molecule has 0 fully saturated rings. The van der Waals surface area contributed by atoms with Crippen LogP contribution in [0.1, 0.15) is 23.6 Å². The van der Waals surface area contributed by atoms with Crippen molar-refractivity contribution in [3.63, 3.8) is 0 Å². The summed E-state index contributed by atoms with van der Waals surface area (Å²) >= 11 is 0. The molecule has 0 amide bonds. The van der Waals surface area contributed by atoms with Gasteiger partial charge in [-0.05, 0) is 43.2 Å². The van der Waals surface area contributed by atoms with Gasteiger partial charge < -0.3 is 9.64 Å². The minimum Gasteiger partial charge on any atom is -0.463 e. The average Bonchev–Trinajstić information content (AvgIpc) is 2.89. The third-order valence-electron chi connectivity index (χ3n) is 6.19. The van der Waals surface area contributed by atoms with Gasteiger partial charge in [-0.25, -0.2) is 17.5 Å². The van der Waals surface area contributed by atoms with E-state index in [2.05, 4.69) is 4.90 Å². The van der Waals surface area contributed by atoms with Crippen LogP contribution in [-0.2, 0) is 19.6 Å². The average molecular weight is 499 g/mol. The number of carbonyl (C=O) groups is 1. The maximum absolute atomic E-state index is 14.0. The van der Waals surface area contributed by atoms with Crippen molar-refractivity contribution in [3.05, 3.63) is 120 Å². The molecule has 182 valence electrons. The number of hydrogen-bond acceptors (Lipinski definition) is 5. The van der Waals surface area contributed by atoms with Crippen LogP contribution in [-0.4, -0.2) is 31.3 Å². The predicted molar refractivity (Wildman–Crippen MR) is 141 cm³/mol. The number of hydrogen-bond donors (Lipinski definition) is 0. The molecule has 5 rings (SSSR count). The first-order valence-electron chi connectivity index (χ1n) is 11.7. The molecule has 6 nitrogen and oxygen atoms in total. The number of anilines is 1. The highest BCUT2D eigenvalue weighted by Gasteiger charge is 2.40. The molecule has 1 atom stereocenters. The van der Waals surface area contributed by atoms with Gasteiger partial charge in [-0.1, -0.05) is 78.4 Å². The summed E-state index contributed by atoms with van der Waals surface area (Å²) < 4.78 is 34.4. The lowest BCUT2D eigenvalue weighted by atomic mass is 9.96. The fraction of sp³-hybridized carbons (Fsp3) is 0.138. The number of sulfonamides is 1. The molecule has 0 N–H and O–H groups in total. The van der Waals surface area contributed by atoms with Crippen LogP contribution in [0.3, 0.4) is 0 Å². The lowest BCUT2D eigenvalue weighted by Crippen LogP contribution is -2.47. The van der Waals surface area contributed by atoms with Crippen molar-refractivity contribution in [1.29, 1.82) is 0 Å². The molecule has 0 bridgehead atoms. The number of rotatable bonds is 5. The van der Waals surface area contributed by atoms with Crippen LogP contribution in [0.25, 0.3) is 11.8 Å². The molecule has 0 saturated carbocycles. The van der Waals surface area contributed by atoms with E-state index in [0.717, 1.165) is 22.4 Å². The van der Waals surface area contributed by atoms with Crippen LogP contribution in [0, 0.1) is 6.92 Å². The molecule has 0 saturated heterocycles. The molecular formula is C29H26N2O4S. The van der Waals surface area contributed by atoms with E-state index in [1.165, 1.54) is 10.4 Å². The standard InChI is InChI=1S/C29H26N2O4S/c1-3-35-29(32)19-27-26-18-15-23-11-7-8-12-25(23)31(26)28(22-9-5-4-6-10-22)20-30(27)36(33,34)24-16-13-21(2)14-17-24/h4-20,26H,3H2,1-2H3/b27-19+. The number of nitrogens with zero attached hydrogens (tertiary/aromatic N) is 2. The van der Waals surface area contributed by atoms with Crippen molar-refractivity contribution >= 4 is 33.5 Å². The lowest BCUT2D eigenvalue weighted by molar-refractivity contribution is -0.137. The molecule has 3 aromatic carbocycles. The molecule has 0 aromatic heterocycles. The maximum Gasteiger partial charge on any atom is 0.332 e. The Kier molecular flexibility index (Phi) is 6.24. The van der Waals surface area contributed by atoms with E-state index in [0.29, 0.717) is 11.4 Å². The topological polar surface area (TPSA) is 66.9 Å². The molecule has 36 heavy (non-hydrogen) atoms. The summed E-state index contributed by atoms with van der Waals surface area (Å²) in [4.78, 5) is 14.9. The SMILES string of the molecule is CCOC(=O)/C=C1\C2C=Cc3ccccc3N2C(c2ccccc2)=CN1S(=O)(=O)c1ccc(C)cc1. The minimum atomic E-state index is -4.04. The Labute approximate surface area is 211 Å². The highest BCUT2D eigenvalue weighted by Crippen LogP contribution is 2.43. The number of esters is 1. The van der Waals surface area contributed by atoms with Crippen LogP contribution in [0.4, 0.5) is 5.69 Å². The Morgan fingerprint density at radius 3 is 2.39 bits per heavy atom. The van der Waals surface area contributed by atoms with Crippen molar-refractivity contribution in [3.8, 4) is 0 Å². The van der Waals surface area contributed by atoms with Crippen molar-refractivity contribution in [2.75, 3.05) is 11.5 Å². The summed E-state index contributed by atoms with van der Waals surface area (Å²) in [6, 6.07) is 23.7. The van der Waals surface area contributed by atoms with E-state index in [4.69, 9.17) is 4.74 Å². The number of ether oxygens (including phenoxy) is 1. The third kappa shape index (κ3) is 4.22. The van der Waals surface area contributed by atoms with Crippen molar-refractivity contribution in [2.24, 2.45) is 0 Å². The number of aryl methyl sites for hydroxylation is 1. The molecule has 2 aliphatic rings. The van der Waals surface area contributed by atoms with E-state index >= 15 is 0 Å². The van der Waals surface area contributed by atoms with E-state index in [-0.39, 0.29) is 11.5 Å². The zero-order valence-electron chi connectivity index (χ0n) is 20.0. The van der Waals surface area contributed by atoms with Gasteiger partial charge >= 0.3 is 5.97 Å². The second-order valence-electron chi connectivity index (χ2n) is 8.55. The molecule has 3 aromatic rings. The fourth-order valence-electron chi connectivity index (χ4n) is 4.48. The highest BCUT2D eigenvalue weighted by atomic mass is 32.2. The predicted octanol–water partition coefficient (Wildman–Crippen LogP) is 5.35. The van der Waals surface area contributed by atoms with Crippen molar-refractivity contribution in [1.82, 2.24) is 4.31 Å². The monoisotopic (exact) mass is 498 g/mol. The molecule has 2 aliphatic heterocycles. The molecule has 0 radical (unpaired) electrons. The number of benzene rings is 3. The van der Waals surface area contributed by atoms with Gasteiger partial charge in [-0.2, -0.15) is 0 Å². The maximum atomic E-state index is 14.0. The van der Waals surface area contributed by atoms with Crippen LogP contribution in [0.5, 0.6) is 0 Å². The third-order valence-corrected chi connectivity index (χ3v) is 7.89. The van der Waals surface area contributed by atoms with Crippen LogP contribution < -0.4 is 4.90 Å². The first-order valence-corrected chi connectivity index (χ1v) is 13.2. The lowest BCUT2D eigenvalue weighted by Gasteiger charge is -2.45. The van der Waals surface area contributed by atoms with Gasteiger partial charge in [0.25, 0.3) is 10.0 Å². The van der Waals surface area contributed by atoms with Crippen LogP contribution >= 0.6 is 0 Å². The summed E-state index contributed by atoms with van der Waals surface area (Å²) in [5, 5.41) is 0. The van der Waals surface area contributed by atoms with Gasteiger partial charge in [-0.15, -0.1) is 0 Å². The van der Waals surface area contributed by atoms with Gasteiger partial charge in [0, 0.05) is 18.0 Å². The normalized spacial score (nSPS) is 17.9. The van der Waals surface area contributed by atoms with E-state index in [9.17, 15) is 13.2 Å². The first-order chi connectivity index (χ1) is 17.4. The number of fused-ring (bicyclic) bond motifs is 3. The Bertz CT molecular complexity index is 1490. The Morgan fingerprint density at radius 1 is 0.972 bits per heavy atom. The number of para-hydroxylation sites is 1. The second kappa shape index (κ2) is 9.51. The van der Waals surface area contributed by atoms with Gasteiger partial charge in [0.1, 0.15) is 0 Å². The zero-order valence-corrected chi connectivity index (χ0v) is 20.9. The number of carbonyl (C=O) groups excluding carboxylic acids is 1. The molecule has 7 heteroatoms. The van der Waals surface area contributed by atoms with Crippen molar-refractivity contribution < 1.29 is 17.9 Å². The minimum absolute atomic E-state index is 0.139. The van der Waals surface area contributed by atoms with Crippen LogP contribution in [0.2, 0.25) is 0 Å². The van der Waals surface area contributed by atoms with Crippen LogP contribution in [0.15, 0.2) is 108 Å². The fourth-order valence-corrected chi connectivity index (χ4v) is 5.86.